The van der Waals surface area contributed by atoms with E-state index in [4.69, 9.17) is 0 Å². The van der Waals surface area contributed by atoms with Gasteiger partial charge in [-0.2, -0.15) is 0 Å². The van der Waals surface area contributed by atoms with Gasteiger partial charge in [0.2, 0.25) is 0 Å². The molecule has 1 aromatic rings. The predicted octanol–water partition coefficient (Wildman–Crippen LogP) is 3.19. The van der Waals surface area contributed by atoms with Crippen molar-refractivity contribution in [3.05, 3.63) is 34.3 Å². The second kappa shape index (κ2) is 8.28. The first-order chi connectivity index (χ1) is 10.2. The van der Waals surface area contributed by atoms with Gasteiger partial charge in [0.15, 0.2) is 0 Å². The highest BCUT2D eigenvalue weighted by Gasteiger charge is 2.30. The Morgan fingerprint density at radius 3 is 2.71 bits per heavy atom. The Hall–Kier alpha value is -0.420. The summed E-state index contributed by atoms with van der Waals surface area (Å²) in [5.74, 6) is 0.611. The molecule has 1 saturated heterocycles. The first kappa shape index (κ1) is 16.9. The third kappa shape index (κ3) is 4.52. The molecule has 2 N–H and O–H groups in total. The Labute approximate surface area is 136 Å². The van der Waals surface area contributed by atoms with Crippen LogP contribution in [-0.4, -0.2) is 42.3 Å². The maximum absolute atomic E-state index is 9.56. The highest BCUT2D eigenvalue weighted by Crippen LogP contribution is 2.26. The Morgan fingerprint density at radius 2 is 2.10 bits per heavy atom. The van der Waals surface area contributed by atoms with E-state index in [-0.39, 0.29) is 6.61 Å². The summed E-state index contributed by atoms with van der Waals surface area (Å²) in [6, 6.07) is 9.32. The van der Waals surface area contributed by atoms with Crippen molar-refractivity contribution < 1.29 is 5.11 Å². The number of benzene rings is 1. The summed E-state index contributed by atoms with van der Waals surface area (Å²) in [6.45, 7) is 7.82. The number of aliphatic hydroxyl groups excluding tert-OH is 1. The molecule has 3 atom stereocenters. The molecule has 0 aromatic heterocycles. The van der Waals surface area contributed by atoms with Crippen molar-refractivity contribution in [3.8, 4) is 0 Å². The van der Waals surface area contributed by atoms with E-state index in [0.717, 1.165) is 30.5 Å². The third-order valence-corrected chi connectivity index (χ3v) is 5.14. The fourth-order valence-electron chi connectivity index (χ4n) is 3.28. The SMILES string of the molecule is CCNC(CCN1CCC(C)C1CO)c1ccc(Br)cc1. The lowest BCUT2D eigenvalue weighted by atomic mass is 10.0. The monoisotopic (exact) mass is 354 g/mol. The molecule has 0 bridgehead atoms. The predicted molar refractivity (Wildman–Crippen MR) is 91.4 cm³/mol. The van der Waals surface area contributed by atoms with Gasteiger partial charge in [-0.3, -0.25) is 4.90 Å². The highest BCUT2D eigenvalue weighted by atomic mass is 79.9. The number of rotatable bonds is 7. The Morgan fingerprint density at radius 1 is 1.38 bits per heavy atom. The number of hydrogen-bond donors (Lipinski definition) is 2. The molecule has 1 aliphatic heterocycles. The van der Waals surface area contributed by atoms with Crippen LogP contribution in [-0.2, 0) is 0 Å². The van der Waals surface area contributed by atoms with Crippen LogP contribution in [0.4, 0.5) is 0 Å². The molecule has 3 nitrogen and oxygen atoms in total. The minimum absolute atomic E-state index is 0.283. The van der Waals surface area contributed by atoms with Crippen molar-refractivity contribution in [2.24, 2.45) is 5.92 Å². The molecule has 2 rings (SSSR count). The van der Waals surface area contributed by atoms with Crippen molar-refractivity contribution in [2.45, 2.75) is 38.8 Å². The van der Waals surface area contributed by atoms with Crippen LogP contribution in [0.3, 0.4) is 0 Å². The van der Waals surface area contributed by atoms with Crippen LogP contribution >= 0.6 is 15.9 Å². The van der Waals surface area contributed by atoms with Crippen LogP contribution in [0.2, 0.25) is 0 Å². The van der Waals surface area contributed by atoms with Crippen molar-refractivity contribution in [3.63, 3.8) is 0 Å². The highest BCUT2D eigenvalue weighted by molar-refractivity contribution is 9.10. The molecule has 0 aliphatic carbocycles. The van der Waals surface area contributed by atoms with E-state index in [9.17, 15) is 5.11 Å². The molecule has 1 aromatic carbocycles. The smallest absolute Gasteiger partial charge is 0.0589 e. The van der Waals surface area contributed by atoms with Gasteiger partial charge < -0.3 is 10.4 Å². The lowest BCUT2D eigenvalue weighted by Gasteiger charge is -2.27. The van der Waals surface area contributed by atoms with Gasteiger partial charge in [0.05, 0.1) is 6.61 Å². The first-order valence-electron chi connectivity index (χ1n) is 7.99. The van der Waals surface area contributed by atoms with Crippen molar-refractivity contribution in [2.75, 3.05) is 26.2 Å². The molecule has 118 valence electrons. The van der Waals surface area contributed by atoms with E-state index in [1.165, 1.54) is 12.0 Å². The summed E-state index contributed by atoms with van der Waals surface area (Å²) in [6.07, 6.45) is 2.29. The van der Waals surface area contributed by atoms with Gasteiger partial charge in [-0.05, 0) is 49.5 Å². The standard InChI is InChI=1S/C17H27BrN2O/c1-3-19-16(14-4-6-15(18)7-5-14)9-11-20-10-8-13(2)17(20)12-21/h4-7,13,16-17,19,21H,3,8-12H2,1-2H3. The fourth-order valence-corrected chi connectivity index (χ4v) is 3.55. The van der Waals surface area contributed by atoms with E-state index >= 15 is 0 Å². The van der Waals surface area contributed by atoms with Gasteiger partial charge in [-0.1, -0.05) is 41.9 Å². The number of likely N-dealkylation sites (tertiary alicyclic amines) is 1. The van der Waals surface area contributed by atoms with Gasteiger partial charge in [-0.15, -0.1) is 0 Å². The van der Waals surface area contributed by atoms with Crippen molar-refractivity contribution in [1.29, 1.82) is 0 Å². The molecular formula is C17H27BrN2O. The number of halogens is 1. The molecule has 0 radical (unpaired) electrons. The molecule has 21 heavy (non-hydrogen) atoms. The number of hydrogen-bond acceptors (Lipinski definition) is 3. The maximum atomic E-state index is 9.56. The molecular weight excluding hydrogens is 328 g/mol. The van der Waals surface area contributed by atoms with Crippen molar-refractivity contribution >= 4 is 15.9 Å². The topological polar surface area (TPSA) is 35.5 Å². The molecule has 1 aliphatic rings. The summed E-state index contributed by atoms with van der Waals surface area (Å²) in [5.41, 5.74) is 1.34. The Balaban J connectivity index is 1.95. The van der Waals surface area contributed by atoms with Crippen molar-refractivity contribution in [1.82, 2.24) is 10.2 Å². The second-order valence-electron chi connectivity index (χ2n) is 6.00. The van der Waals surface area contributed by atoms with Crippen LogP contribution in [0.15, 0.2) is 28.7 Å². The molecule has 0 spiro atoms. The third-order valence-electron chi connectivity index (χ3n) is 4.61. The van der Waals surface area contributed by atoms with Crippen LogP contribution < -0.4 is 5.32 Å². The maximum Gasteiger partial charge on any atom is 0.0589 e. The normalized spacial score (nSPS) is 24.4. The molecule has 0 saturated carbocycles. The summed E-state index contributed by atoms with van der Waals surface area (Å²) < 4.78 is 1.12. The van der Waals surface area contributed by atoms with Crippen LogP contribution in [0.1, 0.15) is 38.3 Å². The molecule has 1 heterocycles. The lowest BCUT2D eigenvalue weighted by Crippen LogP contribution is -2.37. The number of nitrogens with zero attached hydrogens (tertiary/aromatic N) is 1. The summed E-state index contributed by atoms with van der Waals surface area (Å²) in [4.78, 5) is 2.45. The lowest BCUT2D eigenvalue weighted by molar-refractivity contribution is 0.135. The number of nitrogens with one attached hydrogen (secondary N) is 1. The largest absolute Gasteiger partial charge is 0.395 e. The van der Waals surface area contributed by atoms with Crippen LogP contribution in [0, 0.1) is 5.92 Å². The van der Waals surface area contributed by atoms with E-state index in [0.29, 0.717) is 18.0 Å². The minimum Gasteiger partial charge on any atom is -0.395 e. The van der Waals surface area contributed by atoms with Gasteiger partial charge in [0, 0.05) is 23.1 Å². The zero-order valence-corrected chi connectivity index (χ0v) is 14.6. The quantitative estimate of drug-likeness (QED) is 0.789. The average molecular weight is 355 g/mol. The van der Waals surface area contributed by atoms with E-state index < -0.39 is 0 Å². The first-order valence-corrected chi connectivity index (χ1v) is 8.78. The van der Waals surface area contributed by atoms with E-state index in [1.54, 1.807) is 0 Å². The molecule has 0 amide bonds. The zero-order valence-electron chi connectivity index (χ0n) is 13.1. The molecule has 4 heteroatoms. The Bertz CT molecular complexity index is 423. The summed E-state index contributed by atoms with van der Waals surface area (Å²) in [5, 5.41) is 13.1. The summed E-state index contributed by atoms with van der Waals surface area (Å²) >= 11 is 3.49. The van der Waals surface area contributed by atoms with Gasteiger partial charge in [-0.25, -0.2) is 0 Å². The average Bonchev–Trinajstić information content (AvgIpc) is 2.84. The minimum atomic E-state index is 0.283. The van der Waals surface area contributed by atoms with Gasteiger partial charge in [0.25, 0.3) is 0 Å². The van der Waals surface area contributed by atoms with Crippen LogP contribution in [0.25, 0.3) is 0 Å². The van der Waals surface area contributed by atoms with E-state index in [1.807, 2.05) is 0 Å². The van der Waals surface area contributed by atoms with Gasteiger partial charge >= 0.3 is 0 Å². The van der Waals surface area contributed by atoms with E-state index in [2.05, 4.69) is 64.3 Å². The molecule has 3 unspecified atom stereocenters. The Kier molecular flexibility index (Phi) is 6.68. The molecule has 1 fully saturated rings. The van der Waals surface area contributed by atoms with Gasteiger partial charge in [0.1, 0.15) is 0 Å². The van der Waals surface area contributed by atoms with Crippen LogP contribution in [0.5, 0.6) is 0 Å². The summed E-state index contributed by atoms with van der Waals surface area (Å²) in [7, 11) is 0. The second-order valence-corrected chi connectivity index (χ2v) is 6.92. The zero-order chi connectivity index (χ0) is 15.2. The number of aliphatic hydroxyl groups is 1. The fraction of sp³-hybridized carbons (Fsp3) is 0.647.